The summed E-state index contributed by atoms with van der Waals surface area (Å²) in [5, 5.41) is 9.99. The Hall–Kier alpha value is -0.450. The van der Waals surface area contributed by atoms with Gasteiger partial charge in [0.2, 0.25) is 0 Å². The van der Waals surface area contributed by atoms with Gasteiger partial charge in [0.15, 0.2) is 0 Å². The summed E-state index contributed by atoms with van der Waals surface area (Å²) in [6, 6.07) is 4.82. The molecule has 0 atom stereocenters. The van der Waals surface area contributed by atoms with Crippen molar-refractivity contribution in [3.63, 3.8) is 0 Å². The largest absolute Gasteiger partial charge is 0.389 e. The Labute approximate surface area is 96.4 Å². The van der Waals surface area contributed by atoms with Crippen molar-refractivity contribution >= 4 is 15.9 Å². The summed E-state index contributed by atoms with van der Waals surface area (Å²) in [7, 11) is 0. The highest BCUT2D eigenvalue weighted by atomic mass is 79.9. The molecule has 0 saturated heterocycles. The van der Waals surface area contributed by atoms with Gasteiger partial charge < -0.3 is 10.8 Å². The Kier molecular flexibility index (Phi) is 2.83. The van der Waals surface area contributed by atoms with Gasteiger partial charge in [-0.25, -0.2) is 4.39 Å². The van der Waals surface area contributed by atoms with E-state index in [1.165, 1.54) is 6.07 Å². The lowest BCUT2D eigenvalue weighted by molar-refractivity contribution is -0.0460. The van der Waals surface area contributed by atoms with Crippen LogP contribution in [0.5, 0.6) is 0 Å². The molecule has 0 heterocycles. The quantitative estimate of drug-likeness (QED) is 0.866. The lowest BCUT2D eigenvalue weighted by atomic mass is 9.72. The lowest BCUT2D eigenvalue weighted by Crippen LogP contribution is -2.52. The molecule has 0 aliphatic heterocycles. The fraction of sp³-hybridized carbons (Fsp3) is 0.455. The normalized spacial score (nSPS) is 30.0. The maximum atomic E-state index is 13.4. The third kappa shape index (κ3) is 2.38. The molecule has 0 bridgehead atoms. The zero-order valence-electron chi connectivity index (χ0n) is 8.21. The molecule has 1 fully saturated rings. The summed E-state index contributed by atoms with van der Waals surface area (Å²) >= 11 is 3.28. The van der Waals surface area contributed by atoms with E-state index in [1.807, 2.05) is 0 Å². The van der Waals surface area contributed by atoms with Crippen LogP contribution in [0.2, 0.25) is 0 Å². The summed E-state index contributed by atoms with van der Waals surface area (Å²) < 4.78 is 14.2. The highest BCUT2D eigenvalue weighted by Gasteiger charge is 2.41. The molecule has 0 unspecified atom stereocenters. The summed E-state index contributed by atoms with van der Waals surface area (Å²) in [6.45, 7) is 0. The molecule has 0 radical (unpaired) electrons. The maximum Gasteiger partial charge on any atom is 0.126 e. The Morgan fingerprint density at radius 2 is 2.20 bits per heavy atom. The Bertz CT molecular complexity index is 377. The van der Waals surface area contributed by atoms with Crippen LogP contribution in [0, 0.1) is 5.82 Å². The predicted molar refractivity (Wildman–Crippen MR) is 60.0 cm³/mol. The van der Waals surface area contributed by atoms with Gasteiger partial charge in [0.05, 0.1) is 5.60 Å². The van der Waals surface area contributed by atoms with Gasteiger partial charge in [-0.1, -0.05) is 15.9 Å². The number of aliphatic hydroxyl groups is 1. The van der Waals surface area contributed by atoms with Gasteiger partial charge in [0, 0.05) is 16.9 Å². The molecule has 1 aromatic carbocycles. The molecule has 0 spiro atoms. The van der Waals surface area contributed by atoms with Crippen LogP contribution in [0.25, 0.3) is 0 Å². The Balaban J connectivity index is 2.14. The van der Waals surface area contributed by atoms with Crippen molar-refractivity contribution in [1.29, 1.82) is 0 Å². The highest BCUT2D eigenvalue weighted by molar-refractivity contribution is 9.10. The van der Waals surface area contributed by atoms with E-state index in [-0.39, 0.29) is 11.9 Å². The van der Waals surface area contributed by atoms with Crippen LogP contribution in [-0.4, -0.2) is 16.7 Å². The topological polar surface area (TPSA) is 46.2 Å². The molecular formula is C11H13BrFNO. The molecule has 2 rings (SSSR count). The van der Waals surface area contributed by atoms with E-state index in [2.05, 4.69) is 15.9 Å². The van der Waals surface area contributed by atoms with Gasteiger partial charge in [0.1, 0.15) is 5.82 Å². The summed E-state index contributed by atoms with van der Waals surface area (Å²) in [5.41, 5.74) is 5.35. The van der Waals surface area contributed by atoms with Gasteiger partial charge in [0.25, 0.3) is 0 Å². The fourth-order valence-electron chi connectivity index (χ4n) is 2.09. The number of nitrogens with two attached hydrogens (primary N) is 1. The number of hydrogen-bond donors (Lipinski definition) is 2. The smallest absolute Gasteiger partial charge is 0.126 e. The molecule has 82 valence electrons. The molecule has 1 saturated carbocycles. The Morgan fingerprint density at radius 1 is 1.53 bits per heavy atom. The van der Waals surface area contributed by atoms with Crippen LogP contribution in [0.3, 0.4) is 0 Å². The summed E-state index contributed by atoms with van der Waals surface area (Å²) in [4.78, 5) is 0. The average molecular weight is 274 g/mol. The van der Waals surface area contributed by atoms with Crippen molar-refractivity contribution in [3.05, 3.63) is 34.1 Å². The number of halogens is 2. The van der Waals surface area contributed by atoms with Gasteiger partial charge in [-0.05, 0) is 36.6 Å². The second-order valence-corrected chi connectivity index (χ2v) is 5.22. The van der Waals surface area contributed by atoms with Gasteiger partial charge in [-0.3, -0.25) is 0 Å². The molecule has 1 aliphatic carbocycles. The molecule has 0 aromatic heterocycles. The molecule has 4 heteroatoms. The minimum atomic E-state index is -0.805. The third-order valence-corrected chi connectivity index (χ3v) is 3.30. The molecule has 15 heavy (non-hydrogen) atoms. The van der Waals surface area contributed by atoms with E-state index >= 15 is 0 Å². The second kappa shape index (κ2) is 3.85. The highest BCUT2D eigenvalue weighted by Crippen LogP contribution is 2.35. The first kappa shape index (κ1) is 11.0. The predicted octanol–water partition coefficient (Wildman–Crippen LogP) is 1.98. The third-order valence-electron chi connectivity index (χ3n) is 2.81. The van der Waals surface area contributed by atoms with E-state index in [4.69, 9.17) is 5.73 Å². The van der Waals surface area contributed by atoms with Crippen LogP contribution >= 0.6 is 15.9 Å². The first-order valence-corrected chi connectivity index (χ1v) is 5.70. The average Bonchev–Trinajstić information content (AvgIpc) is 2.09. The number of hydrogen-bond acceptors (Lipinski definition) is 2. The fourth-order valence-corrected chi connectivity index (χ4v) is 2.50. The minimum absolute atomic E-state index is 0.0604. The molecule has 1 aromatic rings. The van der Waals surface area contributed by atoms with Gasteiger partial charge in [-0.15, -0.1) is 0 Å². The molecule has 3 N–H and O–H groups in total. The van der Waals surface area contributed by atoms with E-state index in [1.54, 1.807) is 12.1 Å². The van der Waals surface area contributed by atoms with Crippen molar-refractivity contribution in [2.75, 3.05) is 0 Å². The number of benzene rings is 1. The molecular weight excluding hydrogens is 261 g/mol. The SMILES string of the molecule is NC1CC(O)(Cc2cc(Br)ccc2F)C1. The van der Waals surface area contributed by atoms with E-state index in [0.29, 0.717) is 24.8 Å². The summed E-state index contributed by atoms with van der Waals surface area (Å²) in [5.74, 6) is -0.271. The van der Waals surface area contributed by atoms with Gasteiger partial charge >= 0.3 is 0 Å². The van der Waals surface area contributed by atoms with Gasteiger partial charge in [-0.2, -0.15) is 0 Å². The summed E-state index contributed by atoms with van der Waals surface area (Å²) in [6.07, 6.45) is 1.45. The van der Waals surface area contributed by atoms with E-state index < -0.39 is 5.60 Å². The van der Waals surface area contributed by atoms with E-state index in [9.17, 15) is 9.50 Å². The second-order valence-electron chi connectivity index (χ2n) is 4.31. The standard InChI is InChI=1S/C11H13BrFNO/c12-8-1-2-10(13)7(3-8)4-11(15)5-9(14)6-11/h1-3,9,15H,4-6,14H2. The zero-order valence-corrected chi connectivity index (χ0v) is 9.80. The van der Waals surface area contributed by atoms with Crippen LogP contribution in [-0.2, 0) is 6.42 Å². The van der Waals surface area contributed by atoms with Crippen molar-refractivity contribution in [2.24, 2.45) is 5.73 Å². The molecule has 0 amide bonds. The first-order chi connectivity index (χ1) is 6.98. The Morgan fingerprint density at radius 3 is 2.80 bits per heavy atom. The van der Waals surface area contributed by atoms with Crippen LogP contribution < -0.4 is 5.73 Å². The number of rotatable bonds is 2. The monoisotopic (exact) mass is 273 g/mol. The molecule has 2 nitrogen and oxygen atoms in total. The minimum Gasteiger partial charge on any atom is -0.389 e. The van der Waals surface area contributed by atoms with Crippen LogP contribution in [0.15, 0.2) is 22.7 Å². The van der Waals surface area contributed by atoms with Crippen molar-refractivity contribution in [2.45, 2.75) is 30.9 Å². The maximum absolute atomic E-state index is 13.4. The van der Waals surface area contributed by atoms with Crippen molar-refractivity contribution in [3.8, 4) is 0 Å². The van der Waals surface area contributed by atoms with Crippen LogP contribution in [0.4, 0.5) is 4.39 Å². The first-order valence-electron chi connectivity index (χ1n) is 4.90. The van der Waals surface area contributed by atoms with Crippen LogP contribution in [0.1, 0.15) is 18.4 Å². The zero-order chi connectivity index (χ0) is 11.1. The van der Waals surface area contributed by atoms with Crippen molar-refractivity contribution < 1.29 is 9.50 Å². The van der Waals surface area contributed by atoms with Crippen molar-refractivity contribution in [1.82, 2.24) is 0 Å². The van der Waals surface area contributed by atoms with E-state index in [0.717, 1.165) is 4.47 Å². The molecule has 1 aliphatic rings. The lowest BCUT2D eigenvalue weighted by Gasteiger charge is -2.42.